The number of rotatable bonds is 15. The third-order valence-corrected chi connectivity index (χ3v) is 11.5. The van der Waals surface area contributed by atoms with Crippen LogP contribution in [0.2, 0.25) is 10.0 Å². The number of ether oxygens (including phenoxy) is 2. The number of piperidine rings is 1. The second-order valence-electron chi connectivity index (χ2n) is 11.2. The van der Waals surface area contributed by atoms with Gasteiger partial charge in [0.15, 0.2) is 5.78 Å². The normalized spacial score (nSPS) is 17.9. The van der Waals surface area contributed by atoms with Gasteiger partial charge in [0, 0.05) is 6.54 Å². The fraction of sp³-hybridized carbons (Fsp3) is 0.633. The molecular weight excluding hydrogens is 580 g/mol. The van der Waals surface area contributed by atoms with E-state index in [0.717, 1.165) is 12.0 Å². The molecule has 0 unspecified atom stereocenters. The zero-order valence-electron chi connectivity index (χ0n) is 24.2. The molecule has 0 spiro atoms. The molecule has 2 aliphatic rings. The summed E-state index contributed by atoms with van der Waals surface area (Å²) in [5, 5.41) is 8.26. The molecule has 2 saturated heterocycles. The van der Waals surface area contributed by atoms with Crippen molar-refractivity contribution in [3.63, 3.8) is 0 Å². The summed E-state index contributed by atoms with van der Waals surface area (Å²) >= 11 is -0.260. The second-order valence-corrected chi connectivity index (χ2v) is 15.6. The van der Waals surface area contributed by atoms with Crippen LogP contribution in [0.3, 0.4) is 0 Å². The van der Waals surface area contributed by atoms with Gasteiger partial charge in [-0.15, -0.1) is 0 Å². The van der Waals surface area contributed by atoms with Crippen LogP contribution in [0.5, 0.6) is 0 Å². The zero-order chi connectivity index (χ0) is 29.5. The first-order valence-corrected chi connectivity index (χ1v) is 19.1. The molecule has 41 heavy (non-hydrogen) atoms. The van der Waals surface area contributed by atoms with Gasteiger partial charge in [-0.2, -0.15) is 0 Å². The van der Waals surface area contributed by atoms with Gasteiger partial charge in [0.05, 0.1) is 13.0 Å². The number of nitrogens with zero attached hydrogens (tertiary/aromatic N) is 1. The Morgan fingerprint density at radius 3 is 2.56 bits per heavy atom. The van der Waals surface area contributed by atoms with Crippen molar-refractivity contribution < 1.29 is 50.6 Å². The van der Waals surface area contributed by atoms with E-state index in [1.165, 1.54) is 29.8 Å². The predicted molar refractivity (Wildman–Crippen MR) is 148 cm³/mol. The quantitative estimate of drug-likeness (QED) is 0.175. The summed E-state index contributed by atoms with van der Waals surface area (Å²) in [4.78, 5) is 64.6. The van der Waals surface area contributed by atoms with Crippen molar-refractivity contribution in [2.75, 3.05) is 32.8 Å². The monoisotopic (exact) mass is 621 g/mol. The third-order valence-electron chi connectivity index (χ3n) is 7.73. The summed E-state index contributed by atoms with van der Waals surface area (Å²) in [7, 11) is 0. The summed E-state index contributed by atoms with van der Waals surface area (Å²) in [5.74, 6) is -1.33. The Morgan fingerprint density at radius 1 is 1.07 bits per heavy atom. The molecule has 2 heterocycles. The Kier molecular flexibility index (Phi) is 14.4. The van der Waals surface area contributed by atoms with Crippen molar-refractivity contribution in [2.45, 2.75) is 74.5 Å². The van der Waals surface area contributed by atoms with E-state index in [9.17, 15) is 24.0 Å². The summed E-state index contributed by atoms with van der Waals surface area (Å²) in [6, 6.07) is 8.05. The Bertz CT molecular complexity index is 1020. The van der Waals surface area contributed by atoms with Crippen LogP contribution in [0.25, 0.3) is 0 Å². The maximum atomic E-state index is 13.3. The number of ketones is 1. The average molecular weight is 623 g/mol. The molecule has 0 radical (unpaired) electrons. The Labute approximate surface area is 250 Å². The van der Waals surface area contributed by atoms with E-state index in [4.69, 9.17) is 9.47 Å². The summed E-state index contributed by atoms with van der Waals surface area (Å²) in [6.45, 7) is 2.60. The molecular formula is C30H43N3O7Zn. The third kappa shape index (κ3) is 12.4. The molecule has 0 aliphatic carbocycles. The number of nitrogens with one attached hydrogen (secondary N) is 2. The van der Waals surface area contributed by atoms with Gasteiger partial charge >= 0.3 is 134 Å². The van der Waals surface area contributed by atoms with Gasteiger partial charge in [-0.05, 0) is 12.5 Å². The van der Waals surface area contributed by atoms with Crippen LogP contribution in [-0.4, -0.2) is 73.3 Å². The van der Waals surface area contributed by atoms with Crippen molar-refractivity contribution in [1.29, 1.82) is 0 Å². The first-order chi connectivity index (χ1) is 19.8. The molecule has 11 heteroatoms. The number of esters is 1. The van der Waals surface area contributed by atoms with Crippen LogP contribution in [0.1, 0.15) is 57.4 Å². The van der Waals surface area contributed by atoms with Gasteiger partial charge in [-0.3, -0.25) is 14.4 Å². The number of carbonyl (C=O) groups excluding carboxylic acids is 5. The van der Waals surface area contributed by atoms with E-state index in [1.54, 1.807) is 4.90 Å². The topological polar surface area (TPSA) is 131 Å². The molecule has 10 nitrogen and oxygen atoms in total. The van der Waals surface area contributed by atoms with Gasteiger partial charge in [-0.25, -0.2) is 0 Å². The van der Waals surface area contributed by atoms with Crippen LogP contribution in [-0.2, 0) is 57.2 Å². The minimum atomic E-state index is -1.14. The number of likely N-dealkylation sites (tertiary alicyclic amines) is 1. The molecule has 222 valence electrons. The van der Waals surface area contributed by atoms with Crippen molar-refractivity contribution in [1.82, 2.24) is 15.5 Å². The predicted octanol–water partition coefficient (Wildman–Crippen LogP) is 2.67. The molecule has 1 aromatic carbocycles. The molecule has 0 aromatic heterocycles. The Morgan fingerprint density at radius 2 is 1.83 bits per heavy atom. The molecule has 1 aromatic rings. The number of carbonyl (C=O) groups is 5. The van der Waals surface area contributed by atoms with Gasteiger partial charge in [0.1, 0.15) is 13.2 Å². The van der Waals surface area contributed by atoms with Crippen LogP contribution >= 0.6 is 0 Å². The summed E-state index contributed by atoms with van der Waals surface area (Å²) < 4.78 is 10.5. The van der Waals surface area contributed by atoms with Crippen molar-refractivity contribution in [3.05, 3.63) is 35.9 Å². The van der Waals surface area contributed by atoms with Gasteiger partial charge in [0.25, 0.3) is 0 Å². The van der Waals surface area contributed by atoms with Gasteiger partial charge in [-0.1, -0.05) is 30.3 Å². The van der Waals surface area contributed by atoms with E-state index in [0.29, 0.717) is 38.3 Å². The SMILES string of the molecule is CC(=O)COCCNC(=O)[C@H](CC(=O)OCc1ccccc1)NC(=O)[C@@H]1CCCN(C(=O)CCC2C[CH2][Zn][CH2]C2)C1. The standard InChI is InChI=1S/C30H43N3O7.Zn/c1-4-23(5-2)13-14-27(35)33-16-9-12-25(19-33)29(37)32-26(30(38)31-15-17-39-20-22(3)34)18-28(36)40-21-24-10-7-6-8-11-24;/h6-8,10-11,23,25-26H,1-2,4-5,9,12-21H2,3H3,(H,31,38)(H,32,37);/t25-,26+;/m1./s1. The molecule has 3 amide bonds. The Hall–Kier alpha value is -2.65. The van der Waals surface area contributed by atoms with E-state index in [1.807, 2.05) is 30.3 Å². The molecule has 2 fully saturated rings. The van der Waals surface area contributed by atoms with Crippen LogP contribution in [0.4, 0.5) is 0 Å². The molecule has 0 bridgehead atoms. The molecule has 2 N–H and O–H groups in total. The molecule has 2 atom stereocenters. The van der Waals surface area contributed by atoms with Crippen LogP contribution in [0, 0.1) is 11.8 Å². The van der Waals surface area contributed by atoms with Gasteiger partial charge in [0.2, 0.25) is 5.91 Å². The van der Waals surface area contributed by atoms with Crippen LogP contribution in [0.15, 0.2) is 30.3 Å². The molecule has 0 saturated carbocycles. The van der Waals surface area contributed by atoms with E-state index < -0.39 is 23.8 Å². The second kappa shape index (κ2) is 18.0. The zero-order valence-corrected chi connectivity index (χ0v) is 27.2. The molecule has 2 aliphatic heterocycles. The van der Waals surface area contributed by atoms with E-state index >= 15 is 0 Å². The molecule has 3 rings (SSSR count). The summed E-state index contributed by atoms with van der Waals surface area (Å²) in [5.41, 5.74) is 0.812. The first kappa shape index (κ1) is 32.9. The number of hydrogen-bond donors (Lipinski definition) is 2. The van der Waals surface area contributed by atoms with Crippen LogP contribution < -0.4 is 10.6 Å². The number of amides is 3. The maximum absolute atomic E-state index is 13.3. The first-order valence-electron chi connectivity index (χ1n) is 14.9. The Balaban J connectivity index is 1.53. The van der Waals surface area contributed by atoms with Gasteiger partial charge < -0.3 is 14.8 Å². The van der Waals surface area contributed by atoms with E-state index in [-0.39, 0.29) is 67.5 Å². The average Bonchev–Trinajstić information content (AvgIpc) is 2.99. The van der Waals surface area contributed by atoms with E-state index in [2.05, 4.69) is 10.6 Å². The van der Waals surface area contributed by atoms with Crippen molar-refractivity contribution in [2.24, 2.45) is 11.8 Å². The fourth-order valence-corrected chi connectivity index (χ4v) is 9.80. The number of Topliss-reactive ketones (excluding diaryl/α,β-unsaturated/α-hetero) is 1. The number of hydrogen-bond acceptors (Lipinski definition) is 7. The summed E-state index contributed by atoms with van der Waals surface area (Å²) in [6.07, 6.45) is 4.99. The fourth-order valence-electron chi connectivity index (χ4n) is 5.43. The van der Waals surface area contributed by atoms with Crippen molar-refractivity contribution in [3.8, 4) is 0 Å². The minimum absolute atomic E-state index is 0.0541. The van der Waals surface area contributed by atoms with Crippen molar-refractivity contribution >= 4 is 29.5 Å². The number of benzene rings is 1.